The van der Waals surface area contributed by atoms with E-state index in [1.54, 1.807) is 0 Å². The minimum atomic E-state index is 0.0150. The summed E-state index contributed by atoms with van der Waals surface area (Å²) >= 11 is 0. The molecular weight excluding hydrogens is 677 g/mol. The van der Waals surface area contributed by atoms with Gasteiger partial charge in [-0.25, -0.2) is 0 Å². The van der Waals surface area contributed by atoms with E-state index in [0.29, 0.717) is 0 Å². The predicted octanol–water partition coefficient (Wildman–Crippen LogP) is 16.0. The molecule has 8 aromatic carbocycles. The topological polar surface area (TPSA) is 6.48 Å². The van der Waals surface area contributed by atoms with Crippen molar-refractivity contribution in [1.82, 2.24) is 0 Å². The average molecular weight is 733 g/mol. The molecule has 56 heavy (non-hydrogen) atoms. The Bertz CT molecular complexity index is 2590. The van der Waals surface area contributed by atoms with E-state index in [9.17, 15) is 0 Å². The van der Waals surface area contributed by atoms with Gasteiger partial charge in [0.05, 0.1) is 11.4 Å². The van der Waals surface area contributed by atoms with E-state index in [1.165, 1.54) is 111 Å². The summed E-state index contributed by atoms with van der Waals surface area (Å²) in [6.07, 6.45) is 0. The van der Waals surface area contributed by atoms with Gasteiger partial charge in [0.2, 0.25) is 0 Å². The first-order valence-electron chi connectivity index (χ1n) is 20.2. The SMILES string of the molecule is Cc1ccc(C)c(N(c2cc(C(C)(C)C)ccc2C)c2ccc3ccc4c(N(c5cc(C)ccc5C)c5cc(C(C)(C)C)ccc5C)ccc5ccc2c3c54)c1. The van der Waals surface area contributed by atoms with Crippen molar-refractivity contribution in [3.8, 4) is 0 Å². The predicted molar refractivity (Wildman–Crippen MR) is 245 cm³/mol. The monoisotopic (exact) mass is 732 g/mol. The molecule has 0 heterocycles. The van der Waals surface area contributed by atoms with E-state index in [-0.39, 0.29) is 10.8 Å². The molecule has 0 N–H and O–H groups in total. The number of hydrogen-bond acceptors (Lipinski definition) is 2. The highest BCUT2D eigenvalue weighted by Crippen LogP contribution is 2.50. The van der Waals surface area contributed by atoms with Crippen molar-refractivity contribution in [2.24, 2.45) is 0 Å². The molecular formula is C54H56N2. The molecule has 0 aliphatic rings. The zero-order valence-electron chi connectivity index (χ0n) is 35.4. The Hall–Kier alpha value is -5.60. The van der Waals surface area contributed by atoms with Crippen molar-refractivity contribution < 1.29 is 0 Å². The summed E-state index contributed by atoms with van der Waals surface area (Å²) in [4.78, 5) is 5.06. The van der Waals surface area contributed by atoms with Crippen LogP contribution in [0.1, 0.15) is 86.1 Å². The van der Waals surface area contributed by atoms with Gasteiger partial charge >= 0.3 is 0 Å². The molecule has 8 aromatic rings. The first-order valence-corrected chi connectivity index (χ1v) is 20.2. The number of hydrogen-bond donors (Lipinski definition) is 0. The van der Waals surface area contributed by atoms with E-state index >= 15 is 0 Å². The molecule has 0 saturated heterocycles. The second-order valence-corrected chi connectivity index (χ2v) is 18.3. The molecule has 0 spiro atoms. The minimum Gasteiger partial charge on any atom is -0.309 e. The lowest BCUT2D eigenvalue weighted by molar-refractivity contribution is 0.590. The Morgan fingerprint density at radius 2 is 0.643 bits per heavy atom. The van der Waals surface area contributed by atoms with Crippen molar-refractivity contribution in [3.05, 3.63) is 166 Å². The van der Waals surface area contributed by atoms with Gasteiger partial charge in [-0.1, -0.05) is 126 Å². The quantitative estimate of drug-likeness (QED) is 0.157. The van der Waals surface area contributed by atoms with Crippen LogP contribution in [0, 0.1) is 41.5 Å². The van der Waals surface area contributed by atoms with Crippen LogP contribution in [0.4, 0.5) is 34.1 Å². The van der Waals surface area contributed by atoms with Crippen LogP contribution in [-0.4, -0.2) is 0 Å². The van der Waals surface area contributed by atoms with Crippen LogP contribution < -0.4 is 9.80 Å². The molecule has 0 saturated carbocycles. The summed E-state index contributed by atoms with van der Waals surface area (Å²) in [7, 11) is 0. The standard InChI is InChI=1S/C54H56N2/c1-33-13-15-35(3)47(29-33)55(49-31-41(53(7,8)9)23-17-37(49)5)45-27-21-39-20-26-44-46(28-22-40-19-25-43(45)51(39)52(40)44)56(48-30-34(2)14-16-36(48)4)50-32-42(54(10,11)12)24-18-38(50)6/h13-32H,1-12H3. The lowest BCUT2D eigenvalue weighted by Gasteiger charge is -2.33. The van der Waals surface area contributed by atoms with Crippen LogP contribution in [0.2, 0.25) is 0 Å². The summed E-state index contributed by atoms with van der Waals surface area (Å²) in [5, 5.41) is 7.63. The Kier molecular flexibility index (Phi) is 9.04. The summed E-state index contributed by atoms with van der Waals surface area (Å²) in [6, 6.07) is 46.5. The van der Waals surface area contributed by atoms with Crippen molar-refractivity contribution >= 4 is 66.4 Å². The van der Waals surface area contributed by atoms with Crippen molar-refractivity contribution in [3.63, 3.8) is 0 Å². The van der Waals surface area contributed by atoms with Crippen LogP contribution >= 0.6 is 0 Å². The van der Waals surface area contributed by atoms with Gasteiger partial charge in [0.15, 0.2) is 0 Å². The van der Waals surface area contributed by atoms with Crippen LogP contribution in [0.3, 0.4) is 0 Å². The highest BCUT2D eigenvalue weighted by atomic mass is 15.2. The van der Waals surface area contributed by atoms with Gasteiger partial charge in [-0.2, -0.15) is 0 Å². The maximum Gasteiger partial charge on any atom is 0.0540 e. The number of benzene rings is 8. The number of nitrogens with zero attached hydrogens (tertiary/aromatic N) is 2. The van der Waals surface area contributed by atoms with E-state index in [1.807, 2.05) is 0 Å². The van der Waals surface area contributed by atoms with Crippen molar-refractivity contribution in [1.29, 1.82) is 0 Å². The molecule has 0 bridgehead atoms. The lowest BCUT2D eigenvalue weighted by Crippen LogP contribution is -2.17. The van der Waals surface area contributed by atoms with E-state index in [4.69, 9.17) is 0 Å². The van der Waals surface area contributed by atoms with E-state index in [0.717, 1.165) is 0 Å². The van der Waals surface area contributed by atoms with Gasteiger partial charge in [0, 0.05) is 33.5 Å². The normalized spacial score (nSPS) is 12.3. The molecule has 0 unspecified atom stereocenters. The maximum absolute atomic E-state index is 2.53. The van der Waals surface area contributed by atoms with Gasteiger partial charge < -0.3 is 9.80 Å². The molecule has 0 aliphatic heterocycles. The van der Waals surface area contributed by atoms with Crippen LogP contribution in [-0.2, 0) is 10.8 Å². The second kappa shape index (κ2) is 13.6. The fourth-order valence-corrected chi connectivity index (χ4v) is 8.49. The smallest absolute Gasteiger partial charge is 0.0540 e. The summed E-state index contributed by atoms with van der Waals surface area (Å²) in [6.45, 7) is 27.2. The van der Waals surface area contributed by atoms with Gasteiger partial charge in [0.25, 0.3) is 0 Å². The molecule has 0 aliphatic carbocycles. The first kappa shape index (κ1) is 37.3. The molecule has 8 rings (SSSR count). The third-order valence-corrected chi connectivity index (χ3v) is 11.9. The third-order valence-electron chi connectivity index (χ3n) is 11.9. The van der Waals surface area contributed by atoms with Gasteiger partial charge in [-0.3, -0.25) is 0 Å². The van der Waals surface area contributed by atoms with Gasteiger partial charge in [-0.15, -0.1) is 0 Å². The third kappa shape index (κ3) is 6.40. The molecule has 0 amide bonds. The molecule has 0 fully saturated rings. The van der Waals surface area contributed by atoms with Crippen molar-refractivity contribution in [2.45, 2.75) is 93.9 Å². The van der Waals surface area contributed by atoms with Gasteiger partial charge in [0.1, 0.15) is 0 Å². The fraction of sp³-hybridized carbons (Fsp3) is 0.259. The molecule has 2 nitrogen and oxygen atoms in total. The van der Waals surface area contributed by atoms with Crippen LogP contribution in [0.25, 0.3) is 32.3 Å². The minimum absolute atomic E-state index is 0.0150. The Labute approximate surface area is 334 Å². The summed E-state index contributed by atoms with van der Waals surface area (Å²) in [5.41, 5.74) is 17.4. The highest BCUT2D eigenvalue weighted by Gasteiger charge is 2.26. The zero-order valence-corrected chi connectivity index (χ0v) is 35.4. The molecule has 2 heteroatoms. The Balaban J connectivity index is 1.45. The van der Waals surface area contributed by atoms with E-state index in [2.05, 4.69) is 214 Å². The summed E-state index contributed by atoms with van der Waals surface area (Å²) in [5.74, 6) is 0. The average Bonchev–Trinajstić information content (AvgIpc) is 3.14. The number of aryl methyl sites for hydroxylation is 6. The number of rotatable bonds is 6. The first-order chi connectivity index (χ1) is 26.5. The molecule has 0 radical (unpaired) electrons. The van der Waals surface area contributed by atoms with Crippen molar-refractivity contribution in [2.75, 3.05) is 9.80 Å². The maximum atomic E-state index is 2.53. The van der Waals surface area contributed by atoms with Gasteiger partial charge in [-0.05, 0) is 155 Å². The molecule has 0 atom stereocenters. The van der Waals surface area contributed by atoms with E-state index < -0.39 is 0 Å². The Morgan fingerprint density at radius 3 is 1.00 bits per heavy atom. The molecule has 282 valence electrons. The molecule has 0 aromatic heterocycles. The summed E-state index contributed by atoms with van der Waals surface area (Å²) < 4.78 is 0. The Morgan fingerprint density at radius 1 is 0.321 bits per heavy atom. The zero-order chi connectivity index (χ0) is 39.8. The largest absolute Gasteiger partial charge is 0.309 e. The fourth-order valence-electron chi connectivity index (χ4n) is 8.49. The number of anilines is 6. The lowest BCUT2D eigenvalue weighted by atomic mass is 9.85. The second-order valence-electron chi connectivity index (χ2n) is 18.3. The van der Waals surface area contributed by atoms with Crippen LogP contribution in [0.15, 0.2) is 121 Å². The van der Waals surface area contributed by atoms with Crippen LogP contribution in [0.5, 0.6) is 0 Å². The highest BCUT2D eigenvalue weighted by molar-refractivity contribution is 6.28.